The monoisotopic (exact) mass is 425 g/mol. The third-order valence-corrected chi connectivity index (χ3v) is 6.18. The zero-order chi connectivity index (χ0) is 22.9. The van der Waals surface area contributed by atoms with E-state index >= 15 is 0 Å². The Morgan fingerprint density at radius 2 is 1.94 bits per heavy atom. The Morgan fingerprint density at radius 1 is 1.23 bits per heavy atom. The molecule has 3 aromatic rings. The second kappa shape index (κ2) is 8.67. The van der Waals surface area contributed by atoms with Crippen LogP contribution in [0.4, 0.5) is 0 Å². The number of aliphatic hydroxyl groups excluding tert-OH is 1. The van der Waals surface area contributed by atoms with E-state index in [0.29, 0.717) is 12.3 Å². The summed E-state index contributed by atoms with van der Waals surface area (Å²) in [7, 11) is 3.02. The van der Waals surface area contributed by atoms with Crippen molar-refractivity contribution in [2.24, 2.45) is 5.41 Å². The molecule has 31 heavy (non-hydrogen) atoms. The maximum atomic E-state index is 12.9. The van der Waals surface area contributed by atoms with Gasteiger partial charge in [0.15, 0.2) is 0 Å². The Kier molecular flexibility index (Phi) is 6.36. The molecule has 0 radical (unpaired) electrons. The first kappa shape index (κ1) is 22.7. The summed E-state index contributed by atoms with van der Waals surface area (Å²) in [6, 6.07) is 7.91. The lowest BCUT2D eigenvalue weighted by molar-refractivity contribution is -0.151. The zero-order valence-corrected chi connectivity index (χ0v) is 19.3. The second-order valence-corrected chi connectivity index (χ2v) is 8.39. The average Bonchev–Trinajstić information content (AvgIpc) is 3.20. The van der Waals surface area contributed by atoms with Gasteiger partial charge in [-0.2, -0.15) is 0 Å². The number of benzene rings is 2. The molecule has 1 unspecified atom stereocenters. The molecule has 0 aliphatic rings. The second-order valence-electron chi connectivity index (χ2n) is 8.39. The number of aryl methyl sites for hydroxylation is 3. The highest BCUT2D eigenvalue weighted by atomic mass is 16.5. The van der Waals surface area contributed by atoms with Crippen molar-refractivity contribution in [1.82, 2.24) is 15.0 Å². The highest BCUT2D eigenvalue weighted by Gasteiger charge is 2.41. The lowest BCUT2D eigenvalue weighted by atomic mass is 9.69. The zero-order valence-electron chi connectivity index (χ0n) is 19.3. The minimum atomic E-state index is -0.888. The third kappa shape index (κ3) is 3.78. The molecule has 1 aromatic heterocycles. The van der Waals surface area contributed by atoms with E-state index in [0.717, 1.165) is 38.9 Å². The Labute approximate surface area is 183 Å². The number of carbonyl (C=O) groups excluding carboxylic acids is 1. The van der Waals surface area contributed by atoms with Crippen molar-refractivity contribution in [1.29, 1.82) is 0 Å². The molecule has 7 nitrogen and oxygen atoms in total. The van der Waals surface area contributed by atoms with Gasteiger partial charge in [0.2, 0.25) is 0 Å². The first-order valence-electron chi connectivity index (χ1n) is 10.4. The van der Waals surface area contributed by atoms with Gasteiger partial charge in [0, 0.05) is 12.5 Å². The molecule has 7 heteroatoms. The summed E-state index contributed by atoms with van der Waals surface area (Å²) in [5.41, 5.74) is 5.28. The molecule has 1 N–H and O–H groups in total. The topological polar surface area (TPSA) is 86.5 Å². The largest absolute Gasteiger partial charge is 0.494 e. The van der Waals surface area contributed by atoms with Crippen molar-refractivity contribution in [3.63, 3.8) is 0 Å². The third-order valence-electron chi connectivity index (χ3n) is 6.18. The van der Waals surface area contributed by atoms with Crippen molar-refractivity contribution in [2.75, 3.05) is 14.2 Å². The van der Waals surface area contributed by atoms with E-state index in [1.807, 2.05) is 58.9 Å². The number of hydrogen-bond donors (Lipinski definition) is 1. The van der Waals surface area contributed by atoms with Crippen LogP contribution in [-0.4, -0.2) is 40.3 Å². The van der Waals surface area contributed by atoms with Gasteiger partial charge in [-0.1, -0.05) is 23.4 Å². The summed E-state index contributed by atoms with van der Waals surface area (Å²) >= 11 is 0. The highest BCUT2D eigenvalue weighted by Crippen LogP contribution is 2.46. The fourth-order valence-corrected chi connectivity index (χ4v) is 4.35. The van der Waals surface area contributed by atoms with Gasteiger partial charge in [-0.05, 0) is 68.5 Å². The number of aliphatic hydroxyl groups is 1. The maximum Gasteiger partial charge on any atom is 0.312 e. The predicted molar refractivity (Wildman–Crippen MR) is 119 cm³/mol. The molecule has 3 rings (SSSR count). The molecule has 0 saturated carbocycles. The van der Waals surface area contributed by atoms with E-state index in [-0.39, 0.29) is 18.5 Å². The fourth-order valence-electron chi connectivity index (χ4n) is 4.35. The Bertz CT molecular complexity index is 1120. The van der Waals surface area contributed by atoms with Crippen LogP contribution in [0, 0.1) is 19.3 Å². The van der Waals surface area contributed by atoms with Crippen molar-refractivity contribution < 1.29 is 19.4 Å². The SMILES string of the molecule is CCn1nnc2c(C)c(C(c3ccc(C)c(CO)c3)C(C)(C)C(=O)OC)cc(OC)c21. The van der Waals surface area contributed by atoms with Gasteiger partial charge in [-0.15, -0.1) is 5.10 Å². The molecule has 0 amide bonds. The van der Waals surface area contributed by atoms with Crippen LogP contribution in [0.3, 0.4) is 0 Å². The number of fused-ring (bicyclic) bond motifs is 1. The summed E-state index contributed by atoms with van der Waals surface area (Å²) in [6.07, 6.45) is 0. The molecule has 2 aromatic carbocycles. The average molecular weight is 426 g/mol. The van der Waals surface area contributed by atoms with Gasteiger partial charge >= 0.3 is 5.97 Å². The van der Waals surface area contributed by atoms with Crippen molar-refractivity contribution in [3.05, 3.63) is 52.1 Å². The number of carbonyl (C=O) groups is 1. The molecule has 1 heterocycles. The quantitative estimate of drug-likeness (QED) is 0.578. The molecule has 0 fully saturated rings. The normalized spacial score (nSPS) is 12.8. The minimum Gasteiger partial charge on any atom is -0.494 e. The number of methoxy groups -OCH3 is 2. The predicted octanol–water partition coefficient (Wildman–Crippen LogP) is 3.90. The van der Waals surface area contributed by atoms with Crippen LogP contribution in [-0.2, 0) is 22.7 Å². The number of esters is 1. The molecule has 0 bridgehead atoms. The van der Waals surface area contributed by atoms with Crippen LogP contribution in [0.25, 0.3) is 11.0 Å². The van der Waals surface area contributed by atoms with Gasteiger partial charge in [-0.3, -0.25) is 4.79 Å². The van der Waals surface area contributed by atoms with Crippen LogP contribution < -0.4 is 4.74 Å². The summed E-state index contributed by atoms with van der Waals surface area (Å²) in [5, 5.41) is 18.5. The lowest BCUT2D eigenvalue weighted by Crippen LogP contribution is -2.34. The molecule has 0 aliphatic heterocycles. The van der Waals surface area contributed by atoms with Gasteiger partial charge < -0.3 is 14.6 Å². The summed E-state index contributed by atoms with van der Waals surface area (Å²) in [5.74, 6) is -0.0159. The Morgan fingerprint density at radius 3 is 2.52 bits per heavy atom. The van der Waals surface area contributed by atoms with E-state index in [4.69, 9.17) is 9.47 Å². The summed E-state index contributed by atoms with van der Waals surface area (Å²) in [6.45, 7) is 10.3. The van der Waals surface area contributed by atoms with E-state index in [1.54, 1.807) is 11.8 Å². The minimum absolute atomic E-state index is 0.0722. The first-order valence-corrected chi connectivity index (χ1v) is 10.4. The van der Waals surface area contributed by atoms with Crippen molar-refractivity contribution in [3.8, 4) is 5.75 Å². The number of rotatable bonds is 7. The van der Waals surface area contributed by atoms with Gasteiger partial charge in [0.25, 0.3) is 0 Å². The van der Waals surface area contributed by atoms with Gasteiger partial charge in [-0.25, -0.2) is 4.68 Å². The van der Waals surface area contributed by atoms with Gasteiger partial charge in [0.05, 0.1) is 26.2 Å². The molecular weight excluding hydrogens is 394 g/mol. The molecule has 1 atom stereocenters. The number of nitrogens with zero attached hydrogens (tertiary/aromatic N) is 3. The van der Waals surface area contributed by atoms with Crippen LogP contribution in [0.15, 0.2) is 24.3 Å². The van der Waals surface area contributed by atoms with Crippen molar-refractivity contribution >= 4 is 17.0 Å². The smallest absolute Gasteiger partial charge is 0.312 e. The van der Waals surface area contributed by atoms with E-state index in [2.05, 4.69) is 10.3 Å². The number of hydrogen-bond acceptors (Lipinski definition) is 6. The first-order chi connectivity index (χ1) is 14.7. The van der Waals surface area contributed by atoms with Crippen LogP contribution in [0.2, 0.25) is 0 Å². The van der Waals surface area contributed by atoms with Crippen LogP contribution in [0.5, 0.6) is 5.75 Å². The standard InChI is InChI=1S/C24H31N3O4/c1-8-27-22-19(30-6)12-18(15(3)21(22)25-26-27)20(24(4,5)23(29)31-7)16-10-9-14(2)17(11-16)13-28/h9-12,20,28H,8,13H2,1-7H3. The molecular formula is C24H31N3O4. The summed E-state index contributed by atoms with van der Waals surface area (Å²) in [4.78, 5) is 12.9. The van der Waals surface area contributed by atoms with Crippen molar-refractivity contribution in [2.45, 2.75) is 53.7 Å². The van der Waals surface area contributed by atoms with Crippen LogP contribution in [0.1, 0.15) is 54.5 Å². The molecule has 0 saturated heterocycles. The molecule has 166 valence electrons. The Balaban J connectivity index is 2.36. The van der Waals surface area contributed by atoms with E-state index < -0.39 is 5.41 Å². The molecule has 0 aliphatic carbocycles. The number of aromatic nitrogens is 3. The highest BCUT2D eigenvalue weighted by molar-refractivity contribution is 5.87. The van der Waals surface area contributed by atoms with Crippen LogP contribution >= 0.6 is 0 Å². The Hall–Kier alpha value is -2.93. The lowest BCUT2D eigenvalue weighted by Gasteiger charge is -2.34. The fraction of sp³-hybridized carbons (Fsp3) is 0.458. The van der Waals surface area contributed by atoms with E-state index in [9.17, 15) is 9.90 Å². The van der Waals surface area contributed by atoms with Gasteiger partial charge in [0.1, 0.15) is 16.8 Å². The van der Waals surface area contributed by atoms with E-state index in [1.165, 1.54) is 7.11 Å². The molecule has 0 spiro atoms. The summed E-state index contributed by atoms with van der Waals surface area (Å²) < 4.78 is 12.7. The maximum absolute atomic E-state index is 12.9. The number of ether oxygens (including phenoxy) is 2.